The molecule has 0 saturated carbocycles. The Labute approximate surface area is 182 Å². The van der Waals surface area contributed by atoms with E-state index in [4.69, 9.17) is 9.47 Å². The average molecular weight is 418 g/mol. The first kappa shape index (κ1) is 20.9. The number of nitrogens with zero attached hydrogens (tertiary/aromatic N) is 1. The van der Waals surface area contributed by atoms with Crippen LogP contribution in [-0.2, 0) is 4.79 Å². The molecule has 2 atom stereocenters. The molecular formula is C26H27NO4. The molecule has 2 unspecified atom stereocenters. The van der Waals surface area contributed by atoms with Crippen LogP contribution in [0.25, 0.3) is 0 Å². The fourth-order valence-electron chi connectivity index (χ4n) is 4.22. The van der Waals surface area contributed by atoms with E-state index in [9.17, 15) is 9.90 Å². The topological polar surface area (TPSA) is 59.0 Å². The van der Waals surface area contributed by atoms with E-state index in [1.165, 1.54) is 0 Å². The zero-order valence-corrected chi connectivity index (χ0v) is 17.6. The molecule has 31 heavy (non-hydrogen) atoms. The van der Waals surface area contributed by atoms with Crippen LogP contribution in [0.15, 0.2) is 78.9 Å². The lowest BCUT2D eigenvalue weighted by molar-refractivity contribution is -0.143. The Morgan fingerprint density at radius 3 is 2.39 bits per heavy atom. The highest BCUT2D eigenvalue weighted by atomic mass is 16.5. The maximum atomic E-state index is 11.7. The summed E-state index contributed by atoms with van der Waals surface area (Å²) in [4.78, 5) is 13.9. The van der Waals surface area contributed by atoms with Gasteiger partial charge in [-0.2, -0.15) is 0 Å². The van der Waals surface area contributed by atoms with Gasteiger partial charge in [-0.1, -0.05) is 42.5 Å². The van der Waals surface area contributed by atoms with E-state index in [2.05, 4.69) is 23.1 Å². The second kappa shape index (κ2) is 9.67. The van der Waals surface area contributed by atoms with Crippen molar-refractivity contribution in [1.29, 1.82) is 0 Å². The molecule has 1 N–H and O–H groups in total. The van der Waals surface area contributed by atoms with Gasteiger partial charge in [-0.25, -0.2) is 0 Å². The zero-order valence-electron chi connectivity index (χ0n) is 17.6. The van der Waals surface area contributed by atoms with Crippen LogP contribution < -0.4 is 9.47 Å². The Hall–Kier alpha value is -3.31. The van der Waals surface area contributed by atoms with Crippen molar-refractivity contribution in [3.8, 4) is 17.2 Å². The molecule has 1 fully saturated rings. The van der Waals surface area contributed by atoms with Crippen LogP contribution in [0, 0.1) is 5.92 Å². The van der Waals surface area contributed by atoms with Crippen LogP contribution in [0.4, 0.5) is 0 Å². The van der Waals surface area contributed by atoms with Gasteiger partial charge < -0.3 is 14.6 Å². The number of carboxylic acids is 1. The highest BCUT2D eigenvalue weighted by molar-refractivity contribution is 5.70. The van der Waals surface area contributed by atoms with E-state index in [0.29, 0.717) is 6.54 Å². The number of methoxy groups -OCH3 is 1. The van der Waals surface area contributed by atoms with E-state index in [1.54, 1.807) is 7.11 Å². The second-order valence-corrected chi connectivity index (χ2v) is 7.84. The summed E-state index contributed by atoms with van der Waals surface area (Å²) in [6.07, 6.45) is 1.59. The molecule has 1 saturated heterocycles. The molecule has 1 aliphatic heterocycles. The minimum Gasteiger partial charge on any atom is -0.497 e. The number of aliphatic carboxylic acids is 1. The highest BCUT2D eigenvalue weighted by Gasteiger charge is 2.31. The molecule has 0 bridgehead atoms. The zero-order chi connectivity index (χ0) is 21.6. The molecule has 1 heterocycles. The van der Waals surface area contributed by atoms with Gasteiger partial charge >= 0.3 is 5.97 Å². The highest BCUT2D eigenvalue weighted by Crippen LogP contribution is 2.35. The van der Waals surface area contributed by atoms with Gasteiger partial charge in [-0.15, -0.1) is 0 Å². The number of hydrogen-bond donors (Lipinski definition) is 1. The first-order valence-corrected chi connectivity index (χ1v) is 10.6. The van der Waals surface area contributed by atoms with Gasteiger partial charge in [0.1, 0.15) is 17.2 Å². The molecule has 3 aromatic carbocycles. The number of piperidine rings is 1. The molecule has 4 rings (SSSR count). The third-order valence-corrected chi connectivity index (χ3v) is 5.75. The minimum atomic E-state index is -0.723. The maximum absolute atomic E-state index is 11.7. The number of carbonyl (C=O) groups is 1. The molecule has 0 radical (unpaired) electrons. The number of para-hydroxylation sites is 1. The number of hydrogen-bond acceptors (Lipinski definition) is 4. The summed E-state index contributed by atoms with van der Waals surface area (Å²) in [5.41, 5.74) is 2.17. The summed E-state index contributed by atoms with van der Waals surface area (Å²) in [5.74, 6) is 1.27. The summed E-state index contributed by atoms with van der Waals surface area (Å²) in [7, 11) is 1.65. The predicted octanol–water partition coefficient (Wildman–Crippen LogP) is 5.37. The lowest BCUT2D eigenvalue weighted by Crippen LogP contribution is -2.41. The van der Waals surface area contributed by atoms with Crippen molar-refractivity contribution >= 4 is 5.97 Å². The fourth-order valence-corrected chi connectivity index (χ4v) is 4.22. The minimum absolute atomic E-state index is 0.0626. The summed E-state index contributed by atoms with van der Waals surface area (Å²) < 4.78 is 11.4. The molecule has 3 aromatic rings. The maximum Gasteiger partial charge on any atom is 0.307 e. The molecule has 0 aromatic heterocycles. The smallest absolute Gasteiger partial charge is 0.307 e. The summed E-state index contributed by atoms with van der Waals surface area (Å²) in [5, 5.41) is 9.59. The molecular weight excluding hydrogens is 390 g/mol. The molecule has 0 spiro atoms. The average Bonchev–Trinajstić information content (AvgIpc) is 2.81. The van der Waals surface area contributed by atoms with Crippen LogP contribution in [0.1, 0.15) is 30.0 Å². The van der Waals surface area contributed by atoms with Gasteiger partial charge in [-0.3, -0.25) is 9.69 Å². The summed E-state index contributed by atoms with van der Waals surface area (Å²) in [6, 6.07) is 25.7. The van der Waals surface area contributed by atoms with E-state index in [1.807, 2.05) is 60.7 Å². The molecule has 160 valence electrons. The Morgan fingerprint density at radius 2 is 1.68 bits per heavy atom. The van der Waals surface area contributed by atoms with E-state index < -0.39 is 5.97 Å². The molecule has 0 aliphatic carbocycles. The van der Waals surface area contributed by atoms with Crippen molar-refractivity contribution in [3.63, 3.8) is 0 Å². The summed E-state index contributed by atoms with van der Waals surface area (Å²) in [6.45, 7) is 1.38. The van der Waals surface area contributed by atoms with Gasteiger partial charge in [0.25, 0.3) is 0 Å². The quantitative estimate of drug-likeness (QED) is 0.560. The fraction of sp³-hybridized carbons (Fsp3) is 0.269. The largest absolute Gasteiger partial charge is 0.497 e. The first-order valence-electron chi connectivity index (χ1n) is 10.6. The number of likely N-dealkylation sites (tertiary alicyclic amines) is 1. The third-order valence-electron chi connectivity index (χ3n) is 5.75. The van der Waals surface area contributed by atoms with Gasteiger partial charge in [-0.05, 0) is 66.9 Å². The monoisotopic (exact) mass is 417 g/mol. The number of ether oxygens (including phenoxy) is 2. The van der Waals surface area contributed by atoms with Crippen molar-refractivity contribution in [2.45, 2.75) is 18.9 Å². The number of rotatable bonds is 7. The van der Waals surface area contributed by atoms with Crippen molar-refractivity contribution < 1.29 is 19.4 Å². The Kier molecular flexibility index (Phi) is 6.53. The van der Waals surface area contributed by atoms with Gasteiger partial charge in [0.15, 0.2) is 0 Å². The van der Waals surface area contributed by atoms with Crippen LogP contribution in [0.5, 0.6) is 17.2 Å². The van der Waals surface area contributed by atoms with E-state index >= 15 is 0 Å². The predicted molar refractivity (Wildman–Crippen MR) is 120 cm³/mol. The van der Waals surface area contributed by atoms with Crippen LogP contribution in [0.3, 0.4) is 0 Å². The Morgan fingerprint density at radius 1 is 0.935 bits per heavy atom. The van der Waals surface area contributed by atoms with Crippen LogP contribution in [0.2, 0.25) is 0 Å². The number of benzene rings is 3. The summed E-state index contributed by atoms with van der Waals surface area (Å²) >= 11 is 0. The molecule has 5 nitrogen and oxygen atoms in total. The third kappa shape index (κ3) is 5.06. The van der Waals surface area contributed by atoms with Crippen LogP contribution in [-0.4, -0.2) is 36.2 Å². The Balaban J connectivity index is 1.68. The first-order chi connectivity index (χ1) is 15.1. The van der Waals surface area contributed by atoms with Gasteiger partial charge in [0.2, 0.25) is 0 Å². The normalized spacial score (nSPS) is 17.6. The molecule has 5 heteroatoms. The Bertz CT molecular complexity index is 1000. The van der Waals surface area contributed by atoms with Crippen molar-refractivity contribution in [2.75, 3.05) is 20.2 Å². The molecule has 1 aliphatic rings. The lowest BCUT2D eigenvalue weighted by Gasteiger charge is -2.37. The standard InChI is InChI=1S/C26H27NO4/c1-30-22-14-12-19(13-15-22)25(27-16-6-8-21(18-27)26(28)29)20-7-5-11-24(17-20)31-23-9-3-2-4-10-23/h2-5,7,9-15,17,21,25H,6,8,16,18H2,1H3,(H,28,29). The van der Waals surface area contributed by atoms with E-state index in [-0.39, 0.29) is 12.0 Å². The van der Waals surface area contributed by atoms with Crippen molar-refractivity contribution in [3.05, 3.63) is 90.0 Å². The van der Waals surface area contributed by atoms with Crippen molar-refractivity contribution in [1.82, 2.24) is 4.90 Å². The molecule has 0 amide bonds. The van der Waals surface area contributed by atoms with Gasteiger partial charge in [0.05, 0.1) is 19.1 Å². The lowest BCUT2D eigenvalue weighted by atomic mass is 9.91. The van der Waals surface area contributed by atoms with E-state index in [0.717, 1.165) is 47.8 Å². The SMILES string of the molecule is COc1ccc(C(c2cccc(Oc3ccccc3)c2)N2CCCC(C(=O)O)C2)cc1. The van der Waals surface area contributed by atoms with Crippen molar-refractivity contribution in [2.24, 2.45) is 5.92 Å². The second-order valence-electron chi connectivity index (χ2n) is 7.84. The van der Waals surface area contributed by atoms with Crippen LogP contribution >= 0.6 is 0 Å². The number of carboxylic acid groups (broad SMARTS) is 1. The van der Waals surface area contributed by atoms with Gasteiger partial charge in [0, 0.05) is 6.54 Å².